The zero-order chi connectivity index (χ0) is 11.5. The van der Waals surface area contributed by atoms with Gasteiger partial charge in [0.2, 0.25) is 0 Å². The van der Waals surface area contributed by atoms with Crippen molar-refractivity contribution >= 4 is 11.7 Å². The topological polar surface area (TPSA) is 38.3 Å². The fourth-order valence-electron chi connectivity index (χ4n) is 2.13. The second-order valence-corrected chi connectivity index (χ2v) is 4.03. The van der Waals surface area contributed by atoms with Gasteiger partial charge in [-0.2, -0.15) is 0 Å². The van der Waals surface area contributed by atoms with Gasteiger partial charge in [0.25, 0.3) is 0 Å². The Morgan fingerprint density at radius 2 is 2.31 bits per heavy atom. The average Bonchev–Trinajstić information content (AvgIpc) is 2.30. The van der Waals surface area contributed by atoms with Gasteiger partial charge in [0, 0.05) is 6.54 Å². The van der Waals surface area contributed by atoms with Crippen molar-refractivity contribution in [2.24, 2.45) is 0 Å². The number of esters is 1. The minimum atomic E-state index is -0.229. The van der Waals surface area contributed by atoms with E-state index in [-0.39, 0.29) is 5.97 Å². The lowest BCUT2D eigenvalue weighted by Gasteiger charge is -2.22. The summed E-state index contributed by atoms with van der Waals surface area (Å²) in [6.45, 7) is 5.26. The van der Waals surface area contributed by atoms with E-state index in [0.717, 1.165) is 25.1 Å². The number of nitrogens with one attached hydrogen (secondary N) is 1. The van der Waals surface area contributed by atoms with Crippen molar-refractivity contribution in [3.05, 3.63) is 28.8 Å². The second-order valence-electron chi connectivity index (χ2n) is 4.03. The highest BCUT2D eigenvalue weighted by molar-refractivity contribution is 5.97. The number of anilines is 1. The highest BCUT2D eigenvalue weighted by Crippen LogP contribution is 2.29. The fourth-order valence-corrected chi connectivity index (χ4v) is 2.13. The van der Waals surface area contributed by atoms with Crippen LogP contribution in [0.2, 0.25) is 0 Å². The maximum Gasteiger partial charge on any atom is 0.340 e. The molecule has 1 aromatic carbocycles. The lowest BCUT2D eigenvalue weighted by atomic mass is 9.95. The van der Waals surface area contributed by atoms with E-state index in [4.69, 9.17) is 4.74 Å². The maximum atomic E-state index is 11.8. The quantitative estimate of drug-likeness (QED) is 0.777. The van der Waals surface area contributed by atoms with E-state index < -0.39 is 0 Å². The zero-order valence-electron chi connectivity index (χ0n) is 9.80. The first-order valence-electron chi connectivity index (χ1n) is 5.77. The Morgan fingerprint density at radius 1 is 1.50 bits per heavy atom. The van der Waals surface area contributed by atoms with Gasteiger partial charge < -0.3 is 10.1 Å². The van der Waals surface area contributed by atoms with Gasteiger partial charge in [-0.15, -0.1) is 0 Å². The summed E-state index contributed by atoms with van der Waals surface area (Å²) in [5.74, 6) is -0.229. The van der Waals surface area contributed by atoms with E-state index in [1.54, 1.807) is 0 Å². The fraction of sp³-hybridized carbons (Fsp3) is 0.462. The molecule has 0 radical (unpaired) electrons. The van der Waals surface area contributed by atoms with E-state index in [2.05, 4.69) is 12.2 Å². The molecule has 3 nitrogen and oxygen atoms in total. The van der Waals surface area contributed by atoms with Gasteiger partial charge in [0.15, 0.2) is 0 Å². The van der Waals surface area contributed by atoms with Crippen LogP contribution in [0.4, 0.5) is 5.69 Å². The molecule has 0 atom stereocenters. The van der Waals surface area contributed by atoms with Gasteiger partial charge in [-0.3, -0.25) is 0 Å². The third-order valence-electron chi connectivity index (χ3n) is 2.95. The number of rotatable bonds is 2. The molecule has 86 valence electrons. The summed E-state index contributed by atoms with van der Waals surface area (Å²) in [4.78, 5) is 11.8. The van der Waals surface area contributed by atoms with Crippen molar-refractivity contribution in [2.75, 3.05) is 18.5 Å². The first-order valence-corrected chi connectivity index (χ1v) is 5.77. The highest BCUT2D eigenvalue weighted by atomic mass is 16.5. The molecule has 0 saturated heterocycles. The third-order valence-corrected chi connectivity index (χ3v) is 2.95. The Kier molecular flexibility index (Phi) is 3.13. The standard InChI is InChI=1S/C13H17NO2/c1-3-16-13(15)11-7-6-9(2)10-5-4-8-14-12(10)11/h6-7,14H,3-5,8H2,1-2H3. The molecule has 1 aromatic rings. The zero-order valence-corrected chi connectivity index (χ0v) is 9.80. The van der Waals surface area contributed by atoms with Crippen molar-refractivity contribution in [3.63, 3.8) is 0 Å². The molecular weight excluding hydrogens is 202 g/mol. The second kappa shape index (κ2) is 4.56. The Hall–Kier alpha value is -1.51. The SMILES string of the molecule is CCOC(=O)c1ccc(C)c2c1NCCC2. The van der Waals surface area contributed by atoms with E-state index in [0.29, 0.717) is 12.2 Å². The smallest absolute Gasteiger partial charge is 0.340 e. The predicted molar refractivity (Wildman–Crippen MR) is 63.9 cm³/mol. The van der Waals surface area contributed by atoms with Crippen LogP contribution in [0.25, 0.3) is 0 Å². The molecular formula is C13H17NO2. The van der Waals surface area contributed by atoms with Crippen LogP contribution in [-0.4, -0.2) is 19.1 Å². The largest absolute Gasteiger partial charge is 0.462 e. The third kappa shape index (κ3) is 1.90. The number of ether oxygens (including phenoxy) is 1. The molecule has 0 aliphatic carbocycles. The monoisotopic (exact) mass is 219 g/mol. The van der Waals surface area contributed by atoms with Gasteiger partial charge >= 0.3 is 5.97 Å². The molecule has 16 heavy (non-hydrogen) atoms. The average molecular weight is 219 g/mol. The minimum absolute atomic E-state index is 0.229. The predicted octanol–water partition coefficient (Wildman–Crippen LogP) is 2.53. The molecule has 1 aliphatic heterocycles. The Balaban J connectivity index is 2.42. The van der Waals surface area contributed by atoms with Crippen molar-refractivity contribution in [3.8, 4) is 0 Å². The molecule has 0 saturated carbocycles. The molecule has 0 spiro atoms. The van der Waals surface area contributed by atoms with E-state index in [9.17, 15) is 4.79 Å². The summed E-state index contributed by atoms with van der Waals surface area (Å²) in [5.41, 5.74) is 4.15. The van der Waals surface area contributed by atoms with Crippen molar-refractivity contribution in [1.29, 1.82) is 0 Å². The number of benzene rings is 1. The number of hydrogen-bond donors (Lipinski definition) is 1. The summed E-state index contributed by atoms with van der Waals surface area (Å²) in [6.07, 6.45) is 2.17. The van der Waals surface area contributed by atoms with Crippen LogP contribution in [0.1, 0.15) is 34.8 Å². The van der Waals surface area contributed by atoms with Gasteiger partial charge in [-0.05, 0) is 43.9 Å². The van der Waals surface area contributed by atoms with E-state index in [1.807, 2.05) is 19.1 Å². The molecule has 1 aliphatic rings. The number of carbonyl (C=O) groups excluding carboxylic acids is 1. The maximum absolute atomic E-state index is 11.8. The van der Waals surface area contributed by atoms with Gasteiger partial charge in [-0.25, -0.2) is 4.79 Å². The molecule has 1 heterocycles. The molecule has 0 aromatic heterocycles. The molecule has 0 amide bonds. The summed E-state index contributed by atoms with van der Waals surface area (Å²) in [6, 6.07) is 3.85. The van der Waals surface area contributed by atoms with Crippen LogP contribution < -0.4 is 5.32 Å². The number of fused-ring (bicyclic) bond motifs is 1. The number of carbonyl (C=O) groups is 1. The summed E-state index contributed by atoms with van der Waals surface area (Å²) in [5, 5.41) is 3.31. The molecule has 1 N–H and O–H groups in total. The normalized spacial score (nSPS) is 13.9. The summed E-state index contributed by atoms with van der Waals surface area (Å²) < 4.78 is 5.05. The summed E-state index contributed by atoms with van der Waals surface area (Å²) in [7, 11) is 0. The Morgan fingerprint density at radius 3 is 3.06 bits per heavy atom. The molecule has 0 unspecified atom stereocenters. The van der Waals surface area contributed by atoms with Crippen LogP contribution in [0, 0.1) is 6.92 Å². The van der Waals surface area contributed by atoms with Crippen LogP contribution >= 0.6 is 0 Å². The summed E-state index contributed by atoms with van der Waals surface area (Å²) >= 11 is 0. The molecule has 0 fully saturated rings. The number of hydrogen-bond acceptors (Lipinski definition) is 3. The van der Waals surface area contributed by atoms with Gasteiger partial charge in [0.05, 0.1) is 17.9 Å². The lowest BCUT2D eigenvalue weighted by molar-refractivity contribution is 0.0527. The van der Waals surface area contributed by atoms with Gasteiger partial charge in [0.1, 0.15) is 0 Å². The lowest BCUT2D eigenvalue weighted by Crippen LogP contribution is -2.18. The van der Waals surface area contributed by atoms with Crippen LogP contribution in [-0.2, 0) is 11.2 Å². The van der Waals surface area contributed by atoms with Crippen molar-refractivity contribution < 1.29 is 9.53 Å². The van der Waals surface area contributed by atoms with E-state index >= 15 is 0 Å². The number of aryl methyl sites for hydroxylation is 1. The first-order chi connectivity index (χ1) is 7.74. The van der Waals surface area contributed by atoms with Crippen molar-refractivity contribution in [1.82, 2.24) is 0 Å². The van der Waals surface area contributed by atoms with Crippen LogP contribution in [0.5, 0.6) is 0 Å². The molecule has 2 rings (SSSR count). The first kappa shape index (κ1) is 11.0. The van der Waals surface area contributed by atoms with Crippen LogP contribution in [0.3, 0.4) is 0 Å². The minimum Gasteiger partial charge on any atom is -0.462 e. The molecule has 0 bridgehead atoms. The van der Waals surface area contributed by atoms with Crippen LogP contribution in [0.15, 0.2) is 12.1 Å². The highest BCUT2D eigenvalue weighted by Gasteiger charge is 2.19. The van der Waals surface area contributed by atoms with Crippen molar-refractivity contribution in [2.45, 2.75) is 26.7 Å². The molecule has 3 heteroatoms. The van der Waals surface area contributed by atoms with Gasteiger partial charge in [-0.1, -0.05) is 6.07 Å². The Bertz CT molecular complexity index is 413. The Labute approximate surface area is 95.8 Å². The van der Waals surface area contributed by atoms with E-state index in [1.165, 1.54) is 11.1 Å².